The Labute approximate surface area is 128 Å². The molecule has 0 unspecified atom stereocenters. The second-order valence-corrected chi connectivity index (χ2v) is 5.60. The summed E-state index contributed by atoms with van der Waals surface area (Å²) in [5, 5.41) is 4.89. The van der Waals surface area contributed by atoms with E-state index in [2.05, 4.69) is 10.5 Å². The summed E-state index contributed by atoms with van der Waals surface area (Å²) in [6, 6.07) is 15.1. The first-order chi connectivity index (χ1) is 10.1. The van der Waals surface area contributed by atoms with Gasteiger partial charge in [-0.2, -0.15) is 5.10 Å². The summed E-state index contributed by atoms with van der Waals surface area (Å²) in [6.45, 7) is 2.63. The van der Waals surface area contributed by atoms with Gasteiger partial charge < -0.3 is 5.43 Å². The smallest absolute Gasteiger partial charge is 0.209 e. The lowest BCUT2D eigenvalue weighted by molar-refractivity contribution is 0.106. The van der Waals surface area contributed by atoms with E-state index in [4.69, 9.17) is 11.6 Å². The Balaban J connectivity index is 1.88. The number of hydrazone groups is 1. The summed E-state index contributed by atoms with van der Waals surface area (Å²) in [7, 11) is 0. The molecule has 21 heavy (non-hydrogen) atoms. The number of carbonyl (C=O) groups excluding carboxylic acids is 1. The van der Waals surface area contributed by atoms with Gasteiger partial charge in [0, 0.05) is 17.1 Å². The standard InChI is InChI=1S/C17H15ClN2O/c1-11-2-4-13(5-3-11)17(21)16-15(10-19-20-16)12-6-8-14(18)9-7-12/h2-9,15,19H,10H2,1H3/t15-/m0/s1. The van der Waals surface area contributed by atoms with Crippen LogP contribution in [0.25, 0.3) is 0 Å². The van der Waals surface area contributed by atoms with Crippen LogP contribution in [0.2, 0.25) is 5.02 Å². The van der Waals surface area contributed by atoms with E-state index in [1.165, 1.54) is 0 Å². The van der Waals surface area contributed by atoms with Crippen molar-refractivity contribution in [2.24, 2.45) is 5.10 Å². The fraction of sp³-hybridized carbons (Fsp3) is 0.176. The average Bonchev–Trinajstić information content (AvgIpc) is 2.97. The van der Waals surface area contributed by atoms with Gasteiger partial charge in [-0.3, -0.25) is 4.79 Å². The number of nitrogens with one attached hydrogen (secondary N) is 1. The van der Waals surface area contributed by atoms with Gasteiger partial charge in [0.1, 0.15) is 5.71 Å². The Morgan fingerprint density at radius 1 is 1.14 bits per heavy atom. The maximum absolute atomic E-state index is 12.6. The van der Waals surface area contributed by atoms with Crippen LogP contribution < -0.4 is 5.43 Å². The van der Waals surface area contributed by atoms with E-state index in [9.17, 15) is 4.79 Å². The third kappa shape index (κ3) is 2.83. The van der Waals surface area contributed by atoms with Crippen LogP contribution in [-0.2, 0) is 0 Å². The highest BCUT2D eigenvalue weighted by atomic mass is 35.5. The van der Waals surface area contributed by atoms with E-state index in [1.807, 2.05) is 55.5 Å². The molecule has 0 bridgehead atoms. The number of nitrogens with zero attached hydrogens (tertiary/aromatic N) is 1. The van der Waals surface area contributed by atoms with Gasteiger partial charge >= 0.3 is 0 Å². The molecule has 1 aliphatic rings. The molecule has 1 heterocycles. The molecule has 1 atom stereocenters. The normalized spacial score (nSPS) is 17.2. The van der Waals surface area contributed by atoms with E-state index in [0.29, 0.717) is 22.8 Å². The van der Waals surface area contributed by atoms with E-state index in [-0.39, 0.29) is 11.7 Å². The first-order valence-electron chi connectivity index (χ1n) is 6.82. The predicted molar refractivity (Wildman–Crippen MR) is 85.1 cm³/mol. The quantitative estimate of drug-likeness (QED) is 0.880. The van der Waals surface area contributed by atoms with Gasteiger partial charge in [0.15, 0.2) is 0 Å². The maximum Gasteiger partial charge on any atom is 0.209 e. The lowest BCUT2D eigenvalue weighted by Gasteiger charge is -2.12. The van der Waals surface area contributed by atoms with Crippen LogP contribution in [0.5, 0.6) is 0 Å². The van der Waals surface area contributed by atoms with Crippen LogP contribution >= 0.6 is 11.6 Å². The van der Waals surface area contributed by atoms with Crippen LogP contribution in [0.15, 0.2) is 53.6 Å². The minimum atomic E-state index is -0.0314. The highest BCUT2D eigenvalue weighted by Crippen LogP contribution is 2.24. The minimum absolute atomic E-state index is 0.0278. The van der Waals surface area contributed by atoms with Crippen LogP contribution in [0, 0.1) is 6.92 Å². The lowest BCUT2D eigenvalue weighted by Crippen LogP contribution is -2.21. The van der Waals surface area contributed by atoms with Crippen molar-refractivity contribution in [3.63, 3.8) is 0 Å². The van der Waals surface area contributed by atoms with Gasteiger partial charge in [-0.05, 0) is 24.6 Å². The molecule has 4 heteroatoms. The SMILES string of the molecule is Cc1ccc(C(=O)C2=NNC[C@H]2c2ccc(Cl)cc2)cc1. The number of halogens is 1. The monoisotopic (exact) mass is 298 g/mol. The number of carbonyl (C=O) groups is 1. The highest BCUT2D eigenvalue weighted by Gasteiger charge is 2.29. The molecule has 1 N–H and O–H groups in total. The third-order valence-electron chi connectivity index (χ3n) is 3.64. The molecule has 0 fully saturated rings. The first-order valence-corrected chi connectivity index (χ1v) is 7.20. The van der Waals surface area contributed by atoms with Crippen molar-refractivity contribution in [3.05, 3.63) is 70.2 Å². The lowest BCUT2D eigenvalue weighted by atomic mass is 9.90. The summed E-state index contributed by atoms with van der Waals surface area (Å²) < 4.78 is 0. The fourth-order valence-corrected chi connectivity index (χ4v) is 2.56. The molecule has 0 saturated carbocycles. The number of hydrogen-bond acceptors (Lipinski definition) is 3. The fourth-order valence-electron chi connectivity index (χ4n) is 2.43. The Kier molecular flexibility index (Phi) is 3.76. The van der Waals surface area contributed by atoms with Crippen molar-refractivity contribution in [3.8, 4) is 0 Å². The molecular formula is C17H15ClN2O. The molecule has 2 aromatic rings. The first kappa shape index (κ1) is 13.8. The Morgan fingerprint density at radius 3 is 2.48 bits per heavy atom. The van der Waals surface area contributed by atoms with Crippen LogP contribution in [0.4, 0.5) is 0 Å². The van der Waals surface area contributed by atoms with Crippen LogP contribution in [0.3, 0.4) is 0 Å². The molecule has 0 aromatic heterocycles. The van der Waals surface area contributed by atoms with Gasteiger partial charge in [0.25, 0.3) is 0 Å². The molecule has 0 spiro atoms. The zero-order chi connectivity index (χ0) is 14.8. The minimum Gasteiger partial charge on any atom is -0.309 e. The number of aryl methyl sites for hydroxylation is 1. The molecule has 106 valence electrons. The molecule has 0 saturated heterocycles. The Hall–Kier alpha value is -2.13. The zero-order valence-electron chi connectivity index (χ0n) is 11.6. The van der Waals surface area contributed by atoms with Crippen LogP contribution in [0.1, 0.15) is 27.4 Å². The van der Waals surface area contributed by atoms with Crippen molar-refractivity contribution in [2.45, 2.75) is 12.8 Å². The number of hydrogen-bond donors (Lipinski definition) is 1. The molecule has 0 amide bonds. The van der Waals surface area contributed by atoms with Crippen molar-refractivity contribution >= 4 is 23.1 Å². The largest absolute Gasteiger partial charge is 0.309 e. The molecule has 3 nitrogen and oxygen atoms in total. The Morgan fingerprint density at radius 2 is 1.81 bits per heavy atom. The molecule has 3 rings (SSSR count). The van der Waals surface area contributed by atoms with E-state index in [0.717, 1.165) is 11.1 Å². The van der Waals surface area contributed by atoms with Gasteiger partial charge in [0.2, 0.25) is 5.78 Å². The van der Waals surface area contributed by atoms with E-state index in [1.54, 1.807) is 0 Å². The molecule has 0 radical (unpaired) electrons. The van der Waals surface area contributed by atoms with Gasteiger partial charge in [-0.1, -0.05) is 53.6 Å². The van der Waals surface area contributed by atoms with Crippen LogP contribution in [-0.4, -0.2) is 18.0 Å². The summed E-state index contributed by atoms with van der Waals surface area (Å²) in [5.74, 6) is -0.0592. The van der Waals surface area contributed by atoms with E-state index >= 15 is 0 Å². The van der Waals surface area contributed by atoms with Crippen molar-refractivity contribution < 1.29 is 4.79 Å². The van der Waals surface area contributed by atoms with Crippen molar-refractivity contribution in [1.29, 1.82) is 0 Å². The maximum atomic E-state index is 12.6. The molecule has 1 aliphatic heterocycles. The Bertz CT molecular complexity index is 690. The summed E-state index contributed by atoms with van der Waals surface area (Å²) in [5.41, 5.74) is 6.33. The van der Waals surface area contributed by atoms with E-state index < -0.39 is 0 Å². The number of Topliss-reactive ketones (excluding diaryl/α,β-unsaturated/α-hetero) is 1. The van der Waals surface area contributed by atoms with Crippen molar-refractivity contribution in [2.75, 3.05) is 6.54 Å². The topological polar surface area (TPSA) is 41.5 Å². The second kappa shape index (κ2) is 5.70. The van der Waals surface area contributed by atoms with Gasteiger partial charge in [0.05, 0.1) is 5.92 Å². The summed E-state index contributed by atoms with van der Waals surface area (Å²) in [6.07, 6.45) is 0. The zero-order valence-corrected chi connectivity index (χ0v) is 12.4. The molecule has 2 aromatic carbocycles. The van der Waals surface area contributed by atoms with Gasteiger partial charge in [-0.25, -0.2) is 0 Å². The third-order valence-corrected chi connectivity index (χ3v) is 3.90. The average molecular weight is 299 g/mol. The molecular weight excluding hydrogens is 284 g/mol. The predicted octanol–water partition coefficient (Wildman–Crippen LogP) is 3.57. The van der Waals surface area contributed by atoms with Crippen molar-refractivity contribution in [1.82, 2.24) is 5.43 Å². The van der Waals surface area contributed by atoms with Gasteiger partial charge in [-0.15, -0.1) is 0 Å². The number of ketones is 1. The highest BCUT2D eigenvalue weighted by molar-refractivity contribution is 6.48. The molecule has 0 aliphatic carbocycles. The summed E-state index contributed by atoms with van der Waals surface area (Å²) >= 11 is 5.92. The number of rotatable bonds is 3. The number of benzene rings is 2. The summed E-state index contributed by atoms with van der Waals surface area (Å²) in [4.78, 5) is 12.6. The second-order valence-electron chi connectivity index (χ2n) is 5.16.